The van der Waals surface area contributed by atoms with Gasteiger partial charge in [-0.05, 0) is 18.9 Å². The molecule has 5 nitrogen and oxygen atoms in total. The van der Waals surface area contributed by atoms with Crippen LogP contribution in [0.5, 0.6) is 0 Å². The lowest BCUT2D eigenvalue weighted by Gasteiger charge is -2.33. The van der Waals surface area contributed by atoms with Crippen LogP contribution in [0.1, 0.15) is 30.1 Å². The van der Waals surface area contributed by atoms with Crippen LogP contribution in [0.25, 0.3) is 0 Å². The van der Waals surface area contributed by atoms with Crippen molar-refractivity contribution in [3.8, 4) is 0 Å². The molecule has 0 saturated carbocycles. The number of amides is 1. The number of rotatable bonds is 6. The highest BCUT2D eigenvalue weighted by Crippen LogP contribution is 2.26. The van der Waals surface area contributed by atoms with Gasteiger partial charge in [-0.2, -0.15) is 0 Å². The number of nitrogens with zero attached hydrogens (tertiary/aromatic N) is 3. The van der Waals surface area contributed by atoms with Crippen LogP contribution in [0, 0.1) is 11.6 Å². The highest BCUT2D eigenvalue weighted by atomic mass is 19.2. The number of methoxy groups -OCH3 is 1. The summed E-state index contributed by atoms with van der Waals surface area (Å²) in [6.45, 7) is 2.48. The molecule has 1 fully saturated rings. The summed E-state index contributed by atoms with van der Waals surface area (Å²) >= 11 is 0. The molecule has 1 aromatic carbocycles. The summed E-state index contributed by atoms with van der Waals surface area (Å²) in [7, 11) is 1.66. The van der Waals surface area contributed by atoms with E-state index in [0.29, 0.717) is 26.2 Å². The zero-order valence-corrected chi connectivity index (χ0v) is 14.8. The maximum atomic E-state index is 13.8. The van der Waals surface area contributed by atoms with Crippen molar-refractivity contribution in [2.75, 3.05) is 26.8 Å². The minimum absolute atomic E-state index is 0.0960. The van der Waals surface area contributed by atoms with Crippen molar-refractivity contribution < 1.29 is 18.3 Å². The van der Waals surface area contributed by atoms with Crippen LogP contribution in [0.4, 0.5) is 8.78 Å². The summed E-state index contributed by atoms with van der Waals surface area (Å²) in [5.41, 5.74) is 0.0960. The Bertz CT molecular complexity index is 763. The molecule has 1 aliphatic heterocycles. The normalized spacial score (nSPS) is 17.5. The molecular weight excluding hydrogens is 340 g/mol. The van der Waals surface area contributed by atoms with Crippen molar-refractivity contribution >= 4 is 5.91 Å². The zero-order valence-electron chi connectivity index (χ0n) is 14.8. The van der Waals surface area contributed by atoms with E-state index in [9.17, 15) is 13.6 Å². The van der Waals surface area contributed by atoms with Gasteiger partial charge in [0.05, 0.1) is 13.0 Å². The Labute approximate surface area is 151 Å². The predicted molar refractivity (Wildman–Crippen MR) is 92.7 cm³/mol. The van der Waals surface area contributed by atoms with Gasteiger partial charge >= 0.3 is 0 Å². The minimum atomic E-state index is -0.940. The number of piperidine rings is 1. The first-order chi connectivity index (χ1) is 12.6. The van der Waals surface area contributed by atoms with E-state index >= 15 is 0 Å². The maximum Gasteiger partial charge on any atom is 0.227 e. The van der Waals surface area contributed by atoms with E-state index < -0.39 is 11.6 Å². The first kappa shape index (κ1) is 18.5. The van der Waals surface area contributed by atoms with Crippen molar-refractivity contribution in [2.45, 2.75) is 31.7 Å². The summed E-state index contributed by atoms with van der Waals surface area (Å²) in [5, 5.41) is 0. The van der Waals surface area contributed by atoms with Crippen LogP contribution >= 0.6 is 0 Å². The van der Waals surface area contributed by atoms with Gasteiger partial charge in [0.25, 0.3) is 0 Å². The number of ether oxygens (including phenoxy) is 1. The molecule has 2 heterocycles. The second kappa shape index (κ2) is 8.40. The van der Waals surface area contributed by atoms with Gasteiger partial charge in [0, 0.05) is 50.6 Å². The molecular formula is C19H23F2N3O2. The van der Waals surface area contributed by atoms with Crippen LogP contribution in [0.2, 0.25) is 0 Å². The molecule has 0 unspecified atom stereocenters. The second-order valence-corrected chi connectivity index (χ2v) is 6.54. The van der Waals surface area contributed by atoms with Gasteiger partial charge < -0.3 is 14.2 Å². The number of carbonyl (C=O) groups is 1. The van der Waals surface area contributed by atoms with E-state index in [1.165, 1.54) is 12.1 Å². The summed E-state index contributed by atoms with van der Waals surface area (Å²) in [6, 6.07) is 3.93. The molecule has 0 radical (unpaired) electrons. The third kappa shape index (κ3) is 4.09. The number of hydrogen-bond acceptors (Lipinski definition) is 3. The van der Waals surface area contributed by atoms with Crippen molar-refractivity contribution in [2.24, 2.45) is 0 Å². The molecule has 1 saturated heterocycles. The molecule has 0 N–H and O–H groups in total. The summed E-state index contributed by atoms with van der Waals surface area (Å²) < 4.78 is 34.3. The van der Waals surface area contributed by atoms with E-state index in [2.05, 4.69) is 4.98 Å². The summed E-state index contributed by atoms with van der Waals surface area (Å²) in [5.74, 6) is -0.973. The van der Waals surface area contributed by atoms with E-state index in [0.717, 1.165) is 24.7 Å². The number of imidazole rings is 1. The van der Waals surface area contributed by atoms with Gasteiger partial charge in [-0.3, -0.25) is 4.79 Å². The lowest BCUT2D eigenvalue weighted by atomic mass is 9.96. The highest BCUT2D eigenvalue weighted by Gasteiger charge is 2.28. The molecule has 1 amide bonds. The van der Waals surface area contributed by atoms with Gasteiger partial charge in [-0.1, -0.05) is 12.1 Å². The molecule has 0 bridgehead atoms. The molecule has 1 aliphatic rings. The Morgan fingerprint density at radius 3 is 3.04 bits per heavy atom. The molecule has 0 spiro atoms. The van der Waals surface area contributed by atoms with E-state index in [1.807, 2.05) is 10.8 Å². The van der Waals surface area contributed by atoms with Gasteiger partial charge in [0.2, 0.25) is 5.91 Å². The van der Waals surface area contributed by atoms with Crippen LogP contribution in [-0.2, 0) is 22.5 Å². The van der Waals surface area contributed by atoms with Gasteiger partial charge in [-0.25, -0.2) is 13.8 Å². The third-order valence-electron chi connectivity index (χ3n) is 4.80. The zero-order chi connectivity index (χ0) is 18.5. The molecule has 0 aliphatic carbocycles. The fourth-order valence-electron chi connectivity index (χ4n) is 3.43. The monoisotopic (exact) mass is 363 g/mol. The van der Waals surface area contributed by atoms with Crippen LogP contribution in [0.3, 0.4) is 0 Å². The molecule has 7 heteroatoms. The topological polar surface area (TPSA) is 47.4 Å². The van der Waals surface area contributed by atoms with Crippen molar-refractivity contribution in [1.82, 2.24) is 14.5 Å². The highest BCUT2D eigenvalue weighted by molar-refractivity contribution is 5.79. The molecule has 140 valence electrons. The number of benzene rings is 1. The number of halogens is 2. The Hall–Kier alpha value is -2.28. The largest absolute Gasteiger partial charge is 0.383 e. The smallest absolute Gasteiger partial charge is 0.227 e. The molecule has 1 atom stereocenters. The second-order valence-electron chi connectivity index (χ2n) is 6.54. The first-order valence-electron chi connectivity index (χ1n) is 8.80. The Morgan fingerprint density at radius 1 is 1.38 bits per heavy atom. The Balaban J connectivity index is 1.67. The first-order valence-corrected chi connectivity index (χ1v) is 8.80. The minimum Gasteiger partial charge on any atom is -0.383 e. The summed E-state index contributed by atoms with van der Waals surface area (Å²) in [6.07, 6.45) is 5.35. The standard InChI is InChI=1S/C19H23F2N3O2/c1-26-11-10-23-9-7-22-19(23)15-5-3-8-24(13-15)17(25)12-14-4-2-6-16(20)18(14)21/h2,4,6-7,9,15H,3,5,8,10-13H2,1H3/t15-/m0/s1. The average Bonchev–Trinajstić information content (AvgIpc) is 3.12. The fourth-order valence-corrected chi connectivity index (χ4v) is 3.43. The fraction of sp³-hybridized carbons (Fsp3) is 0.474. The summed E-state index contributed by atoms with van der Waals surface area (Å²) in [4.78, 5) is 18.8. The SMILES string of the molecule is COCCn1ccnc1[C@H]1CCCN(C(=O)Cc2cccc(F)c2F)C1. The average molecular weight is 363 g/mol. The van der Waals surface area contributed by atoms with Crippen molar-refractivity contribution in [1.29, 1.82) is 0 Å². The number of carbonyl (C=O) groups excluding carboxylic acids is 1. The predicted octanol–water partition coefficient (Wildman–Crippen LogP) is 2.76. The Morgan fingerprint density at radius 2 is 2.23 bits per heavy atom. The molecule has 1 aromatic heterocycles. The van der Waals surface area contributed by atoms with E-state index in [4.69, 9.17) is 4.74 Å². The van der Waals surface area contributed by atoms with Crippen molar-refractivity contribution in [3.63, 3.8) is 0 Å². The van der Waals surface area contributed by atoms with Gasteiger partial charge in [0.1, 0.15) is 5.82 Å². The maximum absolute atomic E-state index is 13.8. The number of hydrogen-bond donors (Lipinski definition) is 0. The van der Waals surface area contributed by atoms with Crippen LogP contribution < -0.4 is 0 Å². The van der Waals surface area contributed by atoms with Crippen LogP contribution in [0.15, 0.2) is 30.6 Å². The lowest BCUT2D eigenvalue weighted by Crippen LogP contribution is -2.40. The number of likely N-dealkylation sites (tertiary alicyclic amines) is 1. The quantitative estimate of drug-likeness (QED) is 0.793. The van der Waals surface area contributed by atoms with Crippen molar-refractivity contribution in [3.05, 3.63) is 53.6 Å². The van der Waals surface area contributed by atoms with E-state index in [-0.39, 0.29) is 23.8 Å². The molecule has 26 heavy (non-hydrogen) atoms. The van der Waals surface area contributed by atoms with Gasteiger partial charge in [0.15, 0.2) is 11.6 Å². The molecule has 3 rings (SSSR count). The molecule has 2 aromatic rings. The lowest BCUT2D eigenvalue weighted by molar-refractivity contribution is -0.131. The van der Waals surface area contributed by atoms with Crippen LogP contribution in [-0.4, -0.2) is 47.2 Å². The number of aromatic nitrogens is 2. The Kier molecular flexibility index (Phi) is 5.98. The van der Waals surface area contributed by atoms with E-state index in [1.54, 1.807) is 18.2 Å². The van der Waals surface area contributed by atoms with Gasteiger partial charge in [-0.15, -0.1) is 0 Å². The third-order valence-corrected chi connectivity index (χ3v) is 4.80.